The van der Waals surface area contributed by atoms with Crippen molar-refractivity contribution in [2.75, 3.05) is 0 Å². The molecule has 0 amide bonds. The molecule has 4 nitrogen and oxygen atoms in total. The lowest BCUT2D eigenvalue weighted by Gasteiger charge is -2.07. The first-order valence-electron chi connectivity index (χ1n) is 4.52. The number of hydrogen-bond donors (Lipinski definition) is 0. The van der Waals surface area contributed by atoms with E-state index in [0.717, 1.165) is 12.1 Å². The molecule has 0 aliphatic carbocycles. The molecule has 0 unspecified atom stereocenters. The minimum absolute atomic E-state index is 0.320. The minimum atomic E-state index is -0.320. The summed E-state index contributed by atoms with van der Waals surface area (Å²) >= 11 is 0. The molecule has 0 bridgehead atoms. The number of rotatable bonds is 0. The summed E-state index contributed by atoms with van der Waals surface area (Å²) in [4.78, 5) is 0. The van der Waals surface area contributed by atoms with Crippen LogP contribution in [0.5, 0.6) is 5.95 Å². The molecule has 1 aromatic carbocycles. The number of hydrogen-bond acceptors (Lipinski definition) is 3. The first-order chi connectivity index (χ1) is 6.86. The van der Waals surface area contributed by atoms with E-state index in [2.05, 4.69) is 9.79 Å². The van der Waals surface area contributed by atoms with Crippen LogP contribution in [-0.4, -0.2) is 5.27 Å². The molecule has 70 valence electrons. The van der Waals surface area contributed by atoms with Gasteiger partial charge in [-0.25, -0.2) is 0 Å². The zero-order valence-corrected chi connectivity index (χ0v) is 7.43. The molecule has 2 aromatic rings. The van der Waals surface area contributed by atoms with Gasteiger partial charge in [-0.3, -0.25) is 0 Å². The van der Waals surface area contributed by atoms with Gasteiger partial charge in [0.25, 0.3) is 0 Å². The Balaban J connectivity index is 2.29. The van der Waals surface area contributed by atoms with E-state index in [1.54, 1.807) is 4.68 Å². The molecule has 0 saturated heterocycles. The fraction of sp³-hybridized carbons (Fsp3) is 0.200. The third-order valence-electron chi connectivity index (χ3n) is 2.55. The van der Waals surface area contributed by atoms with E-state index in [1.807, 2.05) is 24.3 Å². The van der Waals surface area contributed by atoms with Crippen molar-refractivity contribution in [1.29, 1.82) is 0 Å². The van der Waals surface area contributed by atoms with Gasteiger partial charge in [0.2, 0.25) is 11.4 Å². The fourth-order valence-electron chi connectivity index (χ4n) is 1.85. The Morgan fingerprint density at radius 3 is 3.07 bits per heavy atom. The maximum Gasteiger partial charge on any atom is 0.242 e. The lowest BCUT2D eigenvalue weighted by atomic mass is 10.0. The Hall–Kier alpha value is -1.84. The second kappa shape index (κ2) is 2.57. The second-order valence-electron chi connectivity index (χ2n) is 3.35. The van der Waals surface area contributed by atoms with Crippen molar-refractivity contribution in [2.24, 2.45) is 0 Å². The topological polar surface area (TPSA) is 53.0 Å². The van der Waals surface area contributed by atoms with Gasteiger partial charge < -0.3 is 9.63 Å². The molecule has 14 heavy (non-hydrogen) atoms. The maximum atomic E-state index is 11.2. The lowest BCUT2D eigenvalue weighted by Crippen LogP contribution is -2.41. The normalized spacial score (nSPS) is 13.4. The van der Waals surface area contributed by atoms with Crippen LogP contribution >= 0.6 is 0 Å². The Bertz CT molecular complexity index is 491. The van der Waals surface area contributed by atoms with Crippen LogP contribution < -0.4 is 9.79 Å². The third-order valence-corrected chi connectivity index (χ3v) is 2.55. The van der Waals surface area contributed by atoms with Crippen molar-refractivity contribution in [3.8, 4) is 11.6 Å². The average molecular weight is 188 g/mol. The molecule has 0 saturated carbocycles. The maximum absolute atomic E-state index is 11.2. The number of benzene rings is 1. The van der Waals surface area contributed by atoms with E-state index < -0.39 is 0 Å². The van der Waals surface area contributed by atoms with E-state index in [4.69, 9.17) is 0 Å². The van der Waals surface area contributed by atoms with E-state index in [-0.39, 0.29) is 5.95 Å². The zero-order chi connectivity index (χ0) is 9.54. The SMILES string of the molecule is [O-]c1on[n+]2c1CCc1ccccc1-2. The van der Waals surface area contributed by atoms with Gasteiger partial charge >= 0.3 is 0 Å². The van der Waals surface area contributed by atoms with Crippen LogP contribution in [-0.2, 0) is 12.8 Å². The molecule has 0 N–H and O–H groups in total. The fourth-order valence-corrected chi connectivity index (χ4v) is 1.85. The monoisotopic (exact) mass is 188 g/mol. The first kappa shape index (κ1) is 7.55. The van der Waals surface area contributed by atoms with Crippen LogP contribution in [0.2, 0.25) is 0 Å². The van der Waals surface area contributed by atoms with Gasteiger partial charge in [-0.15, -0.1) is 0 Å². The van der Waals surface area contributed by atoms with E-state index in [0.29, 0.717) is 12.1 Å². The summed E-state index contributed by atoms with van der Waals surface area (Å²) in [5.41, 5.74) is 2.81. The molecular formula is C10H8N2O2. The standard InChI is InChI=1S/C10H8N2O2/c13-10-9-6-5-7-3-1-2-4-8(7)12(9)11-14-10/h1-4H,5-6H2. The Morgan fingerprint density at radius 2 is 2.14 bits per heavy atom. The van der Waals surface area contributed by atoms with Crippen LogP contribution in [0.15, 0.2) is 28.8 Å². The average Bonchev–Trinajstić information content (AvgIpc) is 2.61. The number of aryl methyl sites for hydroxylation is 1. The van der Waals surface area contributed by atoms with Crippen LogP contribution in [0, 0.1) is 0 Å². The van der Waals surface area contributed by atoms with Gasteiger partial charge in [0.1, 0.15) is 0 Å². The summed E-state index contributed by atoms with van der Waals surface area (Å²) in [6.45, 7) is 0. The van der Waals surface area contributed by atoms with Crippen molar-refractivity contribution in [3.05, 3.63) is 35.5 Å². The molecular weight excluding hydrogens is 180 g/mol. The smallest absolute Gasteiger partial charge is 0.242 e. The number of para-hydroxylation sites is 1. The third kappa shape index (κ3) is 0.878. The summed E-state index contributed by atoms with van der Waals surface area (Å²) in [6, 6.07) is 7.91. The molecule has 0 spiro atoms. The number of nitrogens with zero attached hydrogens (tertiary/aromatic N) is 2. The van der Waals surface area contributed by atoms with E-state index in [9.17, 15) is 5.11 Å². The van der Waals surface area contributed by atoms with E-state index in [1.165, 1.54) is 5.56 Å². The highest BCUT2D eigenvalue weighted by Gasteiger charge is 2.27. The van der Waals surface area contributed by atoms with Crippen LogP contribution in [0.1, 0.15) is 11.3 Å². The molecule has 1 aromatic heterocycles. The van der Waals surface area contributed by atoms with Crippen molar-refractivity contribution in [3.63, 3.8) is 0 Å². The van der Waals surface area contributed by atoms with Crippen LogP contribution in [0.4, 0.5) is 0 Å². The predicted molar refractivity (Wildman–Crippen MR) is 44.9 cm³/mol. The van der Waals surface area contributed by atoms with Gasteiger partial charge in [0, 0.05) is 18.1 Å². The van der Waals surface area contributed by atoms with Crippen molar-refractivity contribution in [1.82, 2.24) is 5.27 Å². The van der Waals surface area contributed by atoms with Gasteiger partial charge in [-0.2, -0.15) is 0 Å². The number of aromatic nitrogens is 2. The summed E-state index contributed by atoms with van der Waals surface area (Å²) in [5, 5.41) is 15.0. The zero-order valence-electron chi connectivity index (χ0n) is 7.43. The highest BCUT2D eigenvalue weighted by Crippen LogP contribution is 2.20. The summed E-state index contributed by atoms with van der Waals surface area (Å²) in [6.07, 6.45) is 1.59. The largest absolute Gasteiger partial charge is 0.539 e. The van der Waals surface area contributed by atoms with Crippen molar-refractivity contribution in [2.45, 2.75) is 12.8 Å². The summed E-state index contributed by atoms with van der Waals surface area (Å²) in [5.74, 6) is -0.320. The lowest BCUT2D eigenvalue weighted by molar-refractivity contribution is -0.680. The van der Waals surface area contributed by atoms with Gasteiger partial charge in [0.05, 0.1) is 5.27 Å². The van der Waals surface area contributed by atoms with Gasteiger partial charge in [-0.05, 0) is 11.1 Å². The van der Waals surface area contributed by atoms with E-state index >= 15 is 0 Å². The van der Waals surface area contributed by atoms with Crippen LogP contribution in [0.25, 0.3) is 5.69 Å². The molecule has 0 radical (unpaired) electrons. The quantitative estimate of drug-likeness (QED) is 0.552. The molecule has 0 fully saturated rings. The molecule has 3 rings (SSSR count). The molecule has 1 aliphatic rings. The minimum Gasteiger partial charge on any atom is -0.539 e. The van der Waals surface area contributed by atoms with Gasteiger partial charge in [-0.1, -0.05) is 18.2 Å². The van der Waals surface area contributed by atoms with Gasteiger partial charge in [0.15, 0.2) is 5.95 Å². The second-order valence-corrected chi connectivity index (χ2v) is 3.35. The molecule has 1 aliphatic heterocycles. The predicted octanol–water partition coefficient (Wildman–Crippen LogP) is 0.123. The summed E-state index contributed by atoms with van der Waals surface area (Å²) in [7, 11) is 0. The molecule has 0 atom stereocenters. The Kier molecular flexibility index (Phi) is 1.39. The Labute approximate surface area is 80.4 Å². The first-order valence-corrected chi connectivity index (χ1v) is 4.52. The van der Waals surface area contributed by atoms with Crippen molar-refractivity contribution >= 4 is 0 Å². The van der Waals surface area contributed by atoms with Crippen molar-refractivity contribution < 1.29 is 14.3 Å². The molecule has 4 heteroatoms. The highest BCUT2D eigenvalue weighted by atomic mass is 16.6. The molecule has 2 heterocycles. The number of fused-ring (bicyclic) bond motifs is 3. The summed E-state index contributed by atoms with van der Waals surface area (Å²) < 4.78 is 6.23. The van der Waals surface area contributed by atoms with Crippen LogP contribution in [0.3, 0.4) is 0 Å². The Morgan fingerprint density at radius 1 is 1.29 bits per heavy atom. The highest BCUT2D eigenvalue weighted by molar-refractivity contribution is 5.36.